The number of ether oxygens (including phenoxy) is 1. The molecule has 0 unspecified atom stereocenters. The Balaban J connectivity index is 2.74. The van der Waals surface area contributed by atoms with E-state index in [0.29, 0.717) is 0 Å². The Morgan fingerprint density at radius 3 is 2.20 bits per heavy atom. The van der Waals surface area contributed by atoms with Gasteiger partial charge in [-0.25, -0.2) is 0 Å². The van der Waals surface area contributed by atoms with E-state index in [1.165, 1.54) is 0 Å². The van der Waals surface area contributed by atoms with Gasteiger partial charge in [0.05, 0.1) is 12.1 Å². The van der Waals surface area contributed by atoms with Gasteiger partial charge in [0.2, 0.25) is 0 Å². The topological polar surface area (TPSA) is 56.8 Å². The molecule has 0 saturated carbocycles. The lowest BCUT2D eigenvalue weighted by Gasteiger charge is -2.48. The molecule has 1 aromatic rings. The quantitative estimate of drug-likeness (QED) is 0.772. The molecule has 3 nitrogen and oxygen atoms in total. The Labute approximate surface area is 120 Å². The predicted molar refractivity (Wildman–Crippen MR) is 76.6 cm³/mol. The van der Waals surface area contributed by atoms with Crippen LogP contribution in [0.25, 0.3) is 0 Å². The van der Waals surface area contributed by atoms with Gasteiger partial charge in [-0.3, -0.25) is 0 Å². The fourth-order valence-corrected chi connectivity index (χ4v) is 3.17. The van der Waals surface area contributed by atoms with Gasteiger partial charge in [-0.1, -0.05) is 56.3 Å². The van der Waals surface area contributed by atoms with Gasteiger partial charge in [0, 0.05) is 12.5 Å². The Hall–Kier alpha value is -2.10. The molecule has 0 spiro atoms. The van der Waals surface area contributed by atoms with E-state index in [4.69, 9.17) is 4.74 Å². The summed E-state index contributed by atoms with van der Waals surface area (Å²) in [6.45, 7) is 4.02. The Morgan fingerprint density at radius 2 is 1.70 bits per heavy atom. The summed E-state index contributed by atoms with van der Waals surface area (Å²) in [5.41, 5.74) is -0.869. The van der Waals surface area contributed by atoms with Crippen molar-refractivity contribution in [3.8, 4) is 12.1 Å². The lowest BCUT2D eigenvalue weighted by molar-refractivity contribution is 0.0184. The lowest BCUT2D eigenvalue weighted by atomic mass is 9.52. The van der Waals surface area contributed by atoms with Crippen molar-refractivity contribution in [2.75, 3.05) is 7.11 Å². The minimum absolute atomic E-state index is 0.0654. The predicted octanol–water partition coefficient (Wildman–Crippen LogP) is 3.20. The van der Waals surface area contributed by atoms with Crippen LogP contribution in [0.2, 0.25) is 0 Å². The van der Waals surface area contributed by atoms with Crippen molar-refractivity contribution in [3.63, 3.8) is 0 Å². The molecule has 0 saturated heterocycles. The lowest BCUT2D eigenvalue weighted by Crippen LogP contribution is -2.55. The molecule has 3 atom stereocenters. The SMILES string of the molecule is CO[C@H]1C=C[C@H](C)[C@](C)(c2ccccc2)C1(C#N)C#N. The molecule has 0 heterocycles. The van der Waals surface area contributed by atoms with Crippen molar-refractivity contribution in [1.29, 1.82) is 10.5 Å². The summed E-state index contributed by atoms with van der Waals surface area (Å²) in [6.07, 6.45) is 3.34. The van der Waals surface area contributed by atoms with Crippen LogP contribution in [0.3, 0.4) is 0 Å². The van der Waals surface area contributed by atoms with Gasteiger partial charge in [0.25, 0.3) is 0 Å². The highest BCUT2D eigenvalue weighted by atomic mass is 16.5. The first-order valence-corrected chi connectivity index (χ1v) is 6.66. The van der Waals surface area contributed by atoms with Crippen LogP contribution in [0.5, 0.6) is 0 Å². The van der Waals surface area contributed by atoms with Gasteiger partial charge in [-0.15, -0.1) is 0 Å². The third-order valence-corrected chi connectivity index (χ3v) is 4.71. The molecule has 1 aliphatic carbocycles. The van der Waals surface area contributed by atoms with E-state index in [1.54, 1.807) is 7.11 Å². The molecular weight excluding hydrogens is 248 g/mol. The maximum absolute atomic E-state index is 9.77. The first-order chi connectivity index (χ1) is 9.56. The molecule has 1 aliphatic rings. The molecule has 0 N–H and O–H groups in total. The molecule has 0 aromatic heterocycles. The smallest absolute Gasteiger partial charge is 0.182 e. The second-order valence-electron chi connectivity index (χ2n) is 5.43. The molecular formula is C17H18N2O. The standard InChI is InChI=1S/C17H18N2O/c1-13-9-10-15(20-3)17(11-18,12-19)16(13,2)14-7-5-4-6-8-14/h4-10,13,15H,1-3H3/t13-,15-,16+/m0/s1. The number of benzene rings is 1. The van der Waals surface area contributed by atoms with Crippen molar-refractivity contribution in [2.45, 2.75) is 25.4 Å². The fourth-order valence-electron chi connectivity index (χ4n) is 3.17. The maximum atomic E-state index is 9.77. The third kappa shape index (κ3) is 1.68. The summed E-state index contributed by atoms with van der Waals surface area (Å²) in [6, 6.07) is 14.3. The van der Waals surface area contributed by atoms with E-state index in [9.17, 15) is 10.5 Å². The van der Waals surface area contributed by atoms with Crippen LogP contribution in [-0.4, -0.2) is 13.2 Å². The normalized spacial score (nSPS) is 31.2. The third-order valence-electron chi connectivity index (χ3n) is 4.71. The van der Waals surface area contributed by atoms with Crippen molar-refractivity contribution in [3.05, 3.63) is 48.0 Å². The van der Waals surface area contributed by atoms with Crippen molar-refractivity contribution < 1.29 is 4.74 Å². The molecule has 3 heteroatoms. The zero-order valence-electron chi connectivity index (χ0n) is 12.0. The zero-order valence-corrected chi connectivity index (χ0v) is 12.0. The van der Waals surface area contributed by atoms with Crippen molar-refractivity contribution >= 4 is 0 Å². The van der Waals surface area contributed by atoms with Gasteiger partial charge in [-0.2, -0.15) is 10.5 Å². The fraction of sp³-hybridized carbons (Fsp3) is 0.412. The minimum Gasteiger partial charge on any atom is -0.375 e. The summed E-state index contributed by atoms with van der Waals surface area (Å²) in [4.78, 5) is 0. The van der Waals surface area contributed by atoms with E-state index in [-0.39, 0.29) is 5.92 Å². The minimum atomic E-state index is -1.24. The second kappa shape index (κ2) is 5.12. The monoisotopic (exact) mass is 266 g/mol. The van der Waals surface area contributed by atoms with E-state index >= 15 is 0 Å². The van der Waals surface area contributed by atoms with E-state index < -0.39 is 16.9 Å². The van der Waals surface area contributed by atoms with Crippen LogP contribution in [0, 0.1) is 34.0 Å². The van der Waals surface area contributed by atoms with Gasteiger partial charge in [0.1, 0.15) is 6.10 Å². The van der Waals surface area contributed by atoms with Crippen molar-refractivity contribution in [1.82, 2.24) is 0 Å². The van der Waals surface area contributed by atoms with Crippen LogP contribution in [0.1, 0.15) is 19.4 Å². The summed E-state index contributed by atoms with van der Waals surface area (Å²) in [5.74, 6) is 0.0654. The molecule has 20 heavy (non-hydrogen) atoms. The largest absolute Gasteiger partial charge is 0.375 e. The van der Waals surface area contributed by atoms with Crippen LogP contribution in [-0.2, 0) is 10.2 Å². The number of nitriles is 2. The summed E-state index contributed by atoms with van der Waals surface area (Å²) >= 11 is 0. The molecule has 0 radical (unpaired) electrons. The average Bonchev–Trinajstić information content (AvgIpc) is 2.51. The van der Waals surface area contributed by atoms with Gasteiger partial charge in [-0.05, 0) is 11.5 Å². The highest BCUT2D eigenvalue weighted by molar-refractivity contribution is 5.43. The summed E-state index contributed by atoms with van der Waals surface area (Å²) < 4.78 is 5.42. The molecule has 102 valence electrons. The first-order valence-electron chi connectivity index (χ1n) is 6.66. The van der Waals surface area contributed by atoms with Crippen LogP contribution in [0.15, 0.2) is 42.5 Å². The summed E-state index contributed by atoms with van der Waals surface area (Å²) in [7, 11) is 1.54. The second-order valence-corrected chi connectivity index (χ2v) is 5.43. The van der Waals surface area contributed by atoms with Crippen LogP contribution < -0.4 is 0 Å². The van der Waals surface area contributed by atoms with Gasteiger partial charge < -0.3 is 4.74 Å². The van der Waals surface area contributed by atoms with E-state index in [0.717, 1.165) is 5.56 Å². The molecule has 0 bridgehead atoms. The molecule has 1 aromatic carbocycles. The maximum Gasteiger partial charge on any atom is 0.182 e. The Morgan fingerprint density at radius 1 is 1.10 bits per heavy atom. The Kier molecular flexibility index (Phi) is 3.66. The highest BCUT2D eigenvalue weighted by Crippen LogP contribution is 2.52. The number of nitrogens with zero attached hydrogens (tertiary/aromatic N) is 2. The van der Waals surface area contributed by atoms with E-state index in [2.05, 4.69) is 12.1 Å². The Bertz CT molecular complexity index is 580. The van der Waals surface area contributed by atoms with Crippen LogP contribution >= 0.6 is 0 Å². The number of hydrogen-bond donors (Lipinski definition) is 0. The number of rotatable bonds is 2. The molecule has 0 fully saturated rings. The van der Waals surface area contributed by atoms with E-state index in [1.807, 2.05) is 56.3 Å². The zero-order chi connectivity index (χ0) is 14.8. The van der Waals surface area contributed by atoms with Crippen molar-refractivity contribution in [2.24, 2.45) is 11.3 Å². The van der Waals surface area contributed by atoms with Gasteiger partial charge >= 0.3 is 0 Å². The first kappa shape index (κ1) is 14.3. The highest BCUT2D eigenvalue weighted by Gasteiger charge is 2.59. The average molecular weight is 266 g/mol. The molecule has 0 aliphatic heterocycles. The molecule has 2 rings (SSSR count). The summed E-state index contributed by atoms with van der Waals surface area (Å²) in [5, 5.41) is 19.5. The number of allylic oxidation sites excluding steroid dienone is 1. The van der Waals surface area contributed by atoms with Crippen LogP contribution in [0.4, 0.5) is 0 Å². The van der Waals surface area contributed by atoms with Gasteiger partial charge in [0.15, 0.2) is 5.41 Å². The molecule has 0 amide bonds. The number of hydrogen-bond acceptors (Lipinski definition) is 3. The number of methoxy groups -OCH3 is 1.